The SMILES string of the molecule is Cc1c(C(=O)N2CC(C(=O)N[C@@H](CO)c3ccccc3)CC3OCCC32)cn2nc[nH]c(=O)c12. The van der Waals surface area contributed by atoms with E-state index in [0.29, 0.717) is 36.1 Å². The summed E-state index contributed by atoms with van der Waals surface area (Å²) in [5.41, 5.74) is 1.75. The number of aliphatic hydroxyl groups excluding tert-OH is 1. The molecule has 0 spiro atoms. The molecule has 3 aromatic rings. The molecule has 2 aliphatic heterocycles. The number of fused-ring (bicyclic) bond motifs is 2. The van der Waals surface area contributed by atoms with Crippen LogP contribution in [0.5, 0.6) is 0 Å². The van der Waals surface area contributed by atoms with Gasteiger partial charge in [-0.25, -0.2) is 4.52 Å². The third-order valence-electron chi connectivity index (χ3n) is 6.90. The Labute approximate surface area is 195 Å². The highest BCUT2D eigenvalue weighted by atomic mass is 16.5. The lowest BCUT2D eigenvalue weighted by molar-refractivity contribution is -0.129. The minimum Gasteiger partial charge on any atom is -0.394 e. The summed E-state index contributed by atoms with van der Waals surface area (Å²) in [5, 5.41) is 16.9. The van der Waals surface area contributed by atoms with Crippen LogP contribution in [0.1, 0.15) is 40.4 Å². The van der Waals surface area contributed by atoms with E-state index in [-0.39, 0.29) is 42.7 Å². The summed E-state index contributed by atoms with van der Waals surface area (Å²) < 4.78 is 7.29. The lowest BCUT2D eigenvalue weighted by Gasteiger charge is -2.40. The topological polar surface area (TPSA) is 129 Å². The molecular weight excluding hydrogens is 438 g/mol. The van der Waals surface area contributed by atoms with Gasteiger partial charge in [-0.2, -0.15) is 5.10 Å². The van der Waals surface area contributed by atoms with Crippen molar-refractivity contribution in [3.05, 3.63) is 69.9 Å². The molecule has 0 bridgehead atoms. The molecular formula is C24H27N5O5. The van der Waals surface area contributed by atoms with Gasteiger partial charge in [0.15, 0.2) is 0 Å². The first-order chi connectivity index (χ1) is 16.5. The predicted octanol–water partition coefficient (Wildman–Crippen LogP) is 0.800. The summed E-state index contributed by atoms with van der Waals surface area (Å²) in [4.78, 5) is 43.4. The fourth-order valence-electron chi connectivity index (χ4n) is 5.12. The van der Waals surface area contributed by atoms with Gasteiger partial charge in [0.25, 0.3) is 11.5 Å². The Kier molecular flexibility index (Phi) is 5.93. The van der Waals surface area contributed by atoms with Gasteiger partial charge >= 0.3 is 0 Å². The van der Waals surface area contributed by atoms with Crippen molar-refractivity contribution in [3.8, 4) is 0 Å². The average molecular weight is 466 g/mol. The Morgan fingerprint density at radius 2 is 2.12 bits per heavy atom. The van der Waals surface area contributed by atoms with Crippen LogP contribution in [0, 0.1) is 12.8 Å². The number of carbonyl (C=O) groups is 2. The predicted molar refractivity (Wildman–Crippen MR) is 122 cm³/mol. The van der Waals surface area contributed by atoms with Gasteiger partial charge in [-0.15, -0.1) is 0 Å². The van der Waals surface area contributed by atoms with Crippen LogP contribution in [0.25, 0.3) is 5.52 Å². The smallest absolute Gasteiger partial charge is 0.275 e. The zero-order valence-corrected chi connectivity index (χ0v) is 18.8. The fraction of sp³-hybridized carbons (Fsp3) is 0.417. The molecule has 1 aromatic carbocycles. The molecule has 2 aliphatic rings. The monoisotopic (exact) mass is 465 g/mol. The normalized spacial score (nSPS) is 23.0. The van der Waals surface area contributed by atoms with E-state index in [2.05, 4.69) is 15.4 Å². The Bertz CT molecular complexity index is 1270. The molecule has 5 rings (SSSR count). The first-order valence-corrected chi connectivity index (χ1v) is 11.4. The van der Waals surface area contributed by atoms with Crippen molar-refractivity contribution >= 4 is 17.3 Å². The number of piperidine rings is 1. The second-order valence-electron chi connectivity index (χ2n) is 8.89. The minimum absolute atomic E-state index is 0.132. The van der Waals surface area contributed by atoms with E-state index >= 15 is 0 Å². The van der Waals surface area contributed by atoms with Gasteiger partial charge in [0.1, 0.15) is 11.8 Å². The van der Waals surface area contributed by atoms with Gasteiger partial charge in [0.05, 0.1) is 36.3 Å². The van der Waals surface area contributed by atoms with E-state index in [1.165, 1.54) is 10.8 Å². The number of aromatic nitrogens is 3. The number of rotatable bonds is 5. The third kappa shape index (κ3) is 3.88. The zero-order chi connectivity index (χ0) is 23.8. The number of likely N-dealkylation sites (tertiary alicyclic amines) is 1. The Balaban J connectivity index is 1.40. The number of nitrogens with one attached hydrogen (secondary N) is 2. The number of H-pyrrole nitrogens is 1. The summed E-state index contributed by atoms with van der Waals surface area (Å²) in [7, 11) is 0. The van der Waals surface area contributed by atoms with Crippen LogP contribution in [0.4, 0.5) is 0 Å². The van der Waals surface area contributed by atoms with Crippen molar-refractivity contribution in [2.75, 3.05) is 19.8 Å². The van der Waals surface area contributed by atoms with Crippen LogP contribution < -0.4 is 10.9 Å². The van der Waals surface area contributed by atoms with E-state index < -0.39 is 12.0 Å². The molecule has 2 fully saturated rings. The number of benzene rings is 1. The number of aliphatic hydroxyl groups is 1. The highest BCUT2D eigenvalue weighted by Gasteiger charge is 2.45. The van der Waals surface area contributed by atoms with E-state index in [1.54, 1.807) is 18.0 Å². The van der Waals surface area contributed by atoms with Crippen molar-refractivity contribution in [1.29, 1.82) is 0 Å². The Morgan fingerprint density at radius 1 is 1.32 bits per heavy atom. The van der Waals surface area contributed by atoms with Gasteiger partial charge in [0.2, 0.25) is 5.91 Å². The summed E-state index contributed by atoms with van der Waals surface area (Å²) in [5.74, 6) is -0.964. The quantitative estimate of drug-likeness (QED) is 0.511. The average Bonchev–Trinajstić information content (AvgIpc) is 3.47. The van der Waals surface area contributed by atoms with E-state index in [4.69, 9.17) is 4.74 Å². The largest absolute Gasteiger partial charge is 0.394 e. The Morgan fingerprint density at radius 3 is 2.85 bits per heavy atom. The van der Waals surface area contributed by atoms with Crippen molar-refractivity contribution in [2.45, 2.75) is 38.0 Å². The fourth-order valence-corrected chi connectivity index (χ4v) is 5.12. The second kappa shape index (κ2) is 9.03. The van der Waals surface area contributed by atoms with Crippen LogP contribution in [0.3, 0.4) is 0 Å². The molecule has 10 heteroatoms. The lowest BCUT2D eigenvalue weighted by atomic mass is 9.88. The van der Waals surface area contributed by atoms with Crippen molar-refractivity contribution in [1.82, 2.24) is 24.8 Å². The van der Waals surface area contributed by atoms with Gasteiger partial charge in [-0.3, -0.25) is 14.4 Å². The lowest BCUT2D eigenvalue weighted by Crippen LogP contribution is -2.55. The number of ether oxygens (including phenoxy) is 1. The molecule has 4 atom stereocenters. The van der Waals surface area contributed by atoms with E-state index in [0.717, 1.165) is 5.56 Å². The van der Waals surface area contributed by atoms with E-state index in [9.17, 15) is 19.5 Å². The van der Waals surface area contributed by atoms with Gasteiger partial charge in [-0.05, 0) is 30.9 Å². The summed E-state index contributed by atoms with van der Waals surface area (Å²) in [6, 6.07) is 8.62. The molecule has 3 N–H and O–H groups in total. The van der Waals surface area contributed by atoms with Gasteiger partial charge < -0.3 is 25.0 Å². The number of carbonyl (C=O) groups excluding carboxylic acids is 2. The van der Waals surface area contributed by atoms with Crippen molar-refractivity contribution in [3.63, 3.8) is 0 Å². The molecule has 34 heavy (non-hydrogen) atoms. The molecule has 178 valence electrons. The zero-order valence-electron chi connectivity index (χ0n) is 18.8. The van der Waals surface area contributed by atoms with Crippen LogP contribution in [-0.4, -0.2) is 68.3 Å². The van der Waals surface area contributed by atoms with E-state index in [1.807, 2.05) is 30.3 Å². The molecule has 0 radical (unpaired) electrons. The first kappa shape index (κ1) is 22.3. The summed E-state index contributed by atoms with van der Waals surface area (Å²) >= 11 is 0. The van der Waals surface area contributed by atoms with Crippen LogP contribution in [0.2, 0.25) is 0 Å². The molecule has 0 saturated carbocycles. The molecule has 2 amide bonds. The van der Waals surface area contributed by atoms with Crippen LogP contribution in [-0.2, 0) is 9.53 Å². The molecule has 10 nitrogen and oxygen atoms in total. The maximum atomic E-state index is 13.7. The third-order valence-corrected chi connectivity index (χ3v) is 6.90. The number of aromatic amines is 1. The minimum atomic E-state index is -0.531. The maximum absolute atomic E-state index is 13.7. The second-order valence-corrected chi connectivity index (χ2v) is 8.89. The molecule has 3 unspecified atom stereocenters. The number of hydrogen-bond acceptors (Lipinski definition) is 6. The summed E-state index contributed by atoms with van der Waals surface area (Å²) in [6.07, 6.45) is 3.81. The molecule has 4 heterocycles. The number of hydrogen-bond donors (Lipinski definition) is 3. The number of nitrogens with zero attached hydrogens (tertiary/aromatic N) is 3. The van der Waals surface area contributed by atoms with Gasteiger partial charge in [-0.1, -0.05) is 30.3 Å². The highest BCUT2D eigenvalue weighted by Crippen LogP contribution is 2.33. The van der Waals surface area contributed by atoms with Crippen LogP contribution >= 0.6 is 0 Å². The number of amides is 2. The summed E-state index contributed by atoms with van der Waals surface area (Å²) in [6.45, 7) is 2.25. The molecule has 0 aliphatic carbocycles. The Hall–Kier alpha value is -3.50. The maximum Gasteiger partial charge on any atom is 0.275 e. The highest BCUT2D eigenvalue weighted by molar-refractivity contribution is 5.98. The molecule has 2 aromatic heterocycles. The first-order valence-electron chi connectivity index (χ1n) is 11.4. The number of aryl methyl sites for hydroxylation is 1. The van der Waals surface area contributed by atoms with Crippen molar-refractivity contribution < 1.29 is 19.4 Å². The standard InChI is InChI=1S/C24H27N5O5/c1-14-17(11-29-21(14)23(32)25-13-26-29)24(33)28-10-16(9-20-19(28)7-8-34-20)22(31)27-18(12-30)15-5-3-2-4-6-15/h2-6,11,13,16,18-20,30H,7-10,12H2,1H3,(H,27,31)(H,25,26,32)/t16?,18-,19?,20?/m0/s1. The molecule has 2 saturated heterocycles. The van der Waals surface area contributed by atoms with Gasteiger partial charge in [0, 0.05) is 19.3 Å². The van der Waals surface area contributed by atoms with Crippen LogP contribution in [0.15, 0.2) is 47.7 Å². The van der Waals surface area contributed by atoms with Crippen molar-refractivity contribution in [2.24, 2.45) is 5.92 Å².